The van der Waals surface area contributed by atoms with Gasteiger partial charge in [0.15, 0.2) is 5.79 Å². The fraction of sp³-hybridized carbons (Fsp3) is 0.607. The summed E-state index contributed by atoms with van der Waals surface area (Å²) in [6.07, 6.45) is 5.99. The minimum Gasteiger partial charge on any atom is -0.459 e. The van der Waals surface area contributed by atoms with Crippen molar-refractivity contribution in [1.29, 1.82) is 0 Å². The predicted molar refractivity (Wildman–Crippen MR) is 125 cm³/mol. The molecule has 33 heavy (non-hydrogen) atoms. The molecule has 178 valence electrons. The predicted octanol–water partition coefficient (Wildman–Crippen LogP) is 4.90. The van der Waals surface area contributed by atoms with Crippen molar-refractivity contribution in [3.63, 3.8) is 0 Å². The minimum atomic E-state index is -0.818. The fourth-order valence-electron chi connectivity index (χ4n) is 7.21. The van der Waals surface area contributed by atoms with E-state index >= 15 is 0 Å². The van der Waals surface area contributed by atoms with Crippen LogP contribution in [0.3, 0.4) is 0 Å². The van der Waals surface area contributed by atoms with Crippen molar-refractivity contribution in [3.8, 4) is 0 Å². The lowest BCUT2D eigenvalue weighted by Crippen LogP contribution is -2.62. The van der Waals surface area contributed by atoms with Gasteiger partial charge in [-0.05, 0) is 56.3 Å². The minimum absolute atomic E-state index is 0.0400. The zero-order valence-corrected chi connectivity index (χ0v) is 20.0. The molecule has 7 atom stereocenters. The summed E-state index contributed by atoms with van der Waals surface area (Å²) in [5.41, 5.74) is 2.66. The van der Waals surface area contributed by atoms with Gasteiger partial charge in [-0.15, -0.1) is 0 Å². The number of allylic oxidation sites excluding steroid dienone is 2. The normalized spacial score (nSPS) is 44.3. The molecule has 4 fully saturated rings. The van der Waals surface area contributed by atoms with Gasteiger partial charge < -0.3 is 19.3 Å². The Morgan fingerprint density at radius 3 is 2.61 bits per heavy atom. The van der Waals surface area contributed by atoms with Crippen molar-refractivity contribution in [3.05, 3.63) is 59.7 Å². The van der Waals surface area contributed by atoms with E-state index in [1.165, 1.54) is 5.57 Å². The molecule has 0 bridgehead atoms. The molecule has 2 aliphatic carbocycles. The van der Waals surface area contributed by atoms with Gasteiger partial charge in [-0.1, -0.05) is 62.4 Å². The number of carbonyl (C=O) groups excluding carboxylic acids is 1. The van der Waals surface area contributed by atoms with E-state index < -0.39 is 17.9 Å². The Hall–Kier alpha value is -1.95. The van der Waals surface area contributed by atoms with Crippen LogP contribution in [0.5, 0.6) is 0 Å². The number of cyclic esters (lactones) is 1. The number of carbonyl (C=O) groups is 1. The van der Waals surface area contributed by atoms with Gasteiger partial charge in [0, 0.05) is 11.0 Å². The van der Waals surface area contributed by atoms with Crippen molar-refractivity contribution in [2.75, 3.05) is 13.2 Å². The molecule has 1 aromatic rings. The van der Waals surface area contributed by atoms with Crippen molar-refractivity contribution in [1.82, 2.24) is 0 Å². The quantitative estimate of drug-likeness (QED) is 0.402. The van der Waals surface area contributed by atoms with Gasteiger partial charge in [0.05, 0.1) is 18.3 Å². The molecule has 5 nitrogen and oxygen atoms in total. The van der Waals surface area contributed by atoms with Gasteiger partial charge in [-0.2, -0.15) is 0 Å². The van der Waals surface area contributed by atoms with Crippen LogP contribution >= 0.6 is 0 Å². The Morgan fingerprint density at radius 1 is 1.15 bits per heavy atom. The molecule has 5 heteroatoms. The second kappa shape index (κ2) is 8.07. The molecule has 0 radical (unpaired) electrons. The van der Waals surface area contributed by atoms with Crippen LogP contribution < -0.4 is 0 Å². The van der Waals surface area contributed by atoms with Crippen molar-refractivity contribution in [2.45, 2.75) is 70.9 Å². The molecular weight excluding hydrogens is 416 g/mol. The first-order valence-electron chi connectivity index (χ1n) is 12.3. The Kier molecular flexibility index (Phi) is 5.58. The summed E-state index contributed by atoms with van der Waals surface area (Å²) in [4.78, 5) is 12.0. The molecule has 2 heterocycles. The lowest BCUT2D eigenvalue weighted by Gasteiger charge is -2.63. The molecule has 2 saturated carbocycles. The second-order valence-electron chi connectivity index (χ2n) is 11.1. The van der Waals surface area contributed by atoms with E-state index in [2.05, 4.69) is 32.6 Å². The number of rotatable bonds is 3. The molecule has 0 amide bonds. The summed E-state index contributed by atoms with van der Waals surface area (Å²) < 4.78 is 18.2. The lowest BCUT2D eigenvalue weighted by atomic mass is 9.46. The summed E-state index contributed by atoms with van der Waals surface area (Å²) in [5.74, 6) is -0.432. The molecule has 4 aliphatic rings. The summed E-state index contributed by atoms with van der Waals surface area (Å²) in [7, 11) is 0. The average Bonchev–Trinajstić information content (AvgIpc) is 3.12. The second-order valence-corrected chi connectivity index (χ2v) is 11.1. The van der Waals surface area contributed by atoms with Crippen LogP contribution in [0, 0.1) is 22.7 Å². The number of esters is 1. The zero-order valence-electron chi connectivity index (χ0n) is 20.0. The van der Waals surface area contributed by atoms with E-state index in [-0.39, 0.29) is 29.5 Å². The van der Waals surface area contributed by atoms with Gasteiger partial charge in [0.25, 0.3) is 0 Å². The smallest absolute Gasteiger partial charge is 0.336 e. The largest absolute Gasteiger partial charge is 0.459 e. The van der Waals surface area contributed by atoms with Gasteiger partial charge >= 0.3 is 5.97 Å². The molecule has 1 N–H and O–H groups in total. The first kappa shape index (κ1) is 22.8. The third-order valence-electron chi connectivity index (χ3n) is 9.18. The Bertz CT molecular complexity index is 970. The molecule has 0 aromatic heterocycles. The number of ether oxygens (including phenoxy) is 3. The third kappa shape index (κ3) is 3.60. The maximum absolute atomic E-state index is 12.0. The Labute approximate surface area is 196 Å². The van der Waals surface area contributed by atoms with E-state index in [1.54, 1.807) is 0 Å². The lowest BCUT2D eigenvalue weighted by molar-refractivity contribution is -0.359. The summed E-state index contributed by atoms with van der Waals surface area (Å²) >= 11 is 0. The number of aliphatic hydroxyl groups excluding tert-OH is 1. The maximum atomic E-state index is 12.0. The highest BCUT2D eigenvalue weighted by molar-refractivity contribution is 5.91. The van der Waals surface area contributed by atoms with Gasteiger partial charge in [0.2, 0.25) is 0 Å². The van der Waals surface area contributed by atoms with Crippen LogP contribution in [0.25, 0.3) is 0 Å². The SMILES string of the molecule is C=C1CCC2[C@]3(C)COC(C)(c4ccccc4)O[C@@H]3CC[C@]2(C)[C@H]1C/C=C1/C(=O)OC[C@H]1O. The molecule has 5 rings (SSSR count). The van der Waals surface area contributed by atoms with E-state index in [0.29, 0.717) is 24.5 Å². The van der Waals surface area contributed by atoms with Gasteiger partial charge in [-0.3, -0.25) is 0 Å². The standard InChI is InChI=1S/C28H36O5/c1-18-10-13-23-26(2,21(18)12-11-20-22(29)16-31-25(20)30)15-14-24-27(23,3)17-32-28(4,33-24)19-8-6-5-7-9-19/h5-9,11,21-24,29H,1,10,12-17H2,2-4H3/b20-11+/t21-,22+,23?,24+,26+,27-,28?/m0/s1. The first-order chi connectivity index (χ1) is 15.7. The molecule has 0 spiro atoms. The van der Waals surface area contributed by atoms with Crippen LogP contribution in [0.1, 0.15) is 58.4 Å². The average molecular weight is 453 g/mol. The molecule has 2 unspecified atom stereocenters. The highest BCUT2D eigenvalue weighted by Crippen LogP contribution is 2.64. The van der Waals surface area contributed by atoms with Crippen LogP contribution in [0.2, 0.25) is 0 Å². The van der Waals surface area contributed by atoms with Crippen LogP contribution in [-0.4, -0.2) is 36.5 Å². The van der Waals surface area contributed by atoms with Crippen molar-refractivity contribution >= 4 is 5.97 Å². The summed E-state index contributed by atoms with van der Waals surface area (Å²) in [5, 5.41) is 10.1. The Balaban J connectivity index is 1.40. The summed E-state index contributed by atoms with van der Waals surface area (Å²) in [6, 6.07) is 10.2. The van der Waals surface area contributed by atoms with Crippen molar-refractivity contribution < 1.29 is 24.1 Å². The number of benzene rings is 1. The first-order valence-corrected chi connectivity index (χ1v) is 12.3. The number of aliphatic hydroxyl groups is 1. The van der Waals surface area contributed by atoms with Crippen LogP contribution in [0.4, 0.5) is 0 Å². The monoisotopic (exact) mass is 452 g/mol. The van der Waals surface area contributed by atoms with E-state index in [0.717, 1.165) is 31.2 Å². The molecule has 2 aliphatic heterocycles. The molecule has 1 aromatic carbocycles. The fourth-order valence-corrected chi connectivity index (χ4v) is 7.21. The van der Waals surface area contributed by atoms with Crippen LogP contribution in [0.15, 0.2) is 54.1 Å². The van der Waals surface area contributed by atoms with Gasteiger partial charge in [-0.25, -0.2) is 4.79 Å². The number of hydrogen-bond donors (Lipinski definition) is 1. The number of fused-ring (bicyclic) bond motifs is 3. The highest BCUT2D eigenvalue weighted by atomic mass is 16.7. The highest BCUT2D eigenvalue weighted by Gasteiger charge is 2.61. The Morgan fingerprint density at radius 2 is 1.91 bits per heavy atom. The van der Waals surface area contributed by atoms with Crippen LogP contribution in [-0.2, 0) is 24.8 Å². The van der Waals surface area contributed by atoms with E-state index in [1.807, 2.05) is 31.2 Å². The van der Waals surface area contributed by atoms with Crippen molar-refractivity contribution in [2.24, 2.45) is 22.7 Å². The third-order valence-corrected chi connectivity index (χ3v) is 9.18. The summed E-state index contributed by atoms with van der Waals surface area (Å²) in [6.45, 7) is 11.9. The molecule has 2 saturated heterocycles. The number of hydrogen-bond acceptors (Lipinski definition) is 5. The topological polar surface area (TPSA) is 65.0 Å². The van der Waals surface area contributed by atoms with Gasteiger partial charge in [0.1, 0.15) is 12.7 Å². The zero-order chi connectivity index (χ0) is 23.4. The molecular formula is C28H36O5. The van der Waals surface area contributed by atoms with E-state index in [4.69, 9.17) is 14.2 Å². The van der Waals surface area contributed by atoms with E-state index in [9.17, 15) is 9.90 Å². The maximum Gasteiger partial charge on any atom is 0.336 e.